The largest absolute Gasteiger partial charge is 0.376 e. The molecule has 3 rings (SSSR count). The number of ether oxygens (including phenoxy) is 1. The number of rotatable bonds is 5. The molecule has 6 nitrogen and oxygen atoms in total. The molecule has 0 aromatic carbocycles. The summed E-state index contributed by atoms with van der Waals surface area (Å²) in [5, 5.41) is 0. The zero-order chi connectivity index (χ0) is 16.9. The van der Waals surface area contributed by atoms with E-state index in [0.717, 1.165) is 31.0 Å². The van der Waals surface area contributed by atoms with E-state index in [0.29, 0.717) is 12.1 Å². The second-order valence-corrected chi connectivity index (χ2v) is 6.05. The molecule has 1 saturated heterocycles. The first-order chi connectivity index (χ1) is 11.6. The number of pyridine rings is 2. The Hall–Kier alpha value is -2.47. The van der Waals surface area contributed by atoms with Crippen LogP contribution < -0.4 is 9.80 Å². The van der Waals surface area contributed by atoms with Crippen molar-refractivity contribution >= 4 is 17.4 Å². The van der Waals surface area contributed by atoms with Gasteiger partial charge in [-0.2, -0.15) is 0 Å². The first kappa shape index (κ1) is 16.4. The van der Waals surface area contributed by atoms with Gasteiger partial charge in [-0.15, -0.1) is 0 Å². The molecule has 0 radical (unpaired) electrons. The Balaban J connectivity index is 1.89. The highest BCUT2D eigenvalue weighted by molar-refractivity contribution is 6.06. The molecule has 126 valence electrons. The van der Waals surface area contributed by atoms with Crippen LogP contribution in [0.4, 0.5) is 11.5 Å². The zero-order valence-corrected chi connectivity index (χ0v) is 14.1. The van der Waals surface area contributed by atoms with Crippen LogP contribution in [0.1, 0.15) is 23.2 Å². The first-order valence-corrected chi connectivity index (χ1v) is 8.12. The van der Waals surface area contributed by atoms with E-state index in [-0.39, 0.29) is 12.0 Å². The Bertz CT molecular complexity index is 684. The van der Waals surface area contributed by atoms with E-state index >= 15 is 0 Å². The van der Waals surface area contributed by atoms with Gasteiger partial charge < -0.3 is 14.5 Å². The molecule has 0 saturated carbocycles. The summed E-state index contributed by atoms with van der Waals surface area (Å²) in [6, 6.07) is 7.26. The van der Waals surface area contributed by atoms with Gasteiger partial charge in [0, 0.05) is 50.5 Å². The molecule has 24 heavy (non-hydrogen) atoms. The highest BCUT2D eigenvalue weighted by Crippen LogP contribution is 2.22. The summed E-state index contributed by atoms with van der Waals surface area (Å²) in [5.41, 5.74) is 1.44. The van der Waals surface area contributed by atoms with Crippen LogP contribution in [-0.4, -0.2) is 49.2 Å². The Morgan fingerprint density at radius 2 is 2.04 bits per heavy atom. The molecule has 0 N–H and O–H groups in total. The van der Waals surface area contributed by atoms with Gasteiger partial charge in [-0.05, 0) is 37.1 Å². The number of nitrogens with zero attached hydrogens (tertiary/aromatic N) is 4. The van der Waals surface area contributed by atoms with E-state index in [1.54, 1.807) is 29.6 Å². The molecule has 2 aromatic rings. The van der Waals surface area contributed by atoms with Crippen LogP contribution in [0.3, 0.4) is 0 Å². The van der Waals surface area contributed by atoms with Gasteiger partial charge in [-0.3, -0.25) is 9.78 Å². The topological polar surface area (TPSA) is 58.6 Å². The Morgan fingerprint density at radius 1 is 1.25 bits per heavy atom. The molecule has 1 amide bonds. The van der Waals surface area contributed by atoms with Gasteiger partial charge >= 0.3 is 0 Å². The average Bonchev–Trinajstić information content (AvgIpc) is 3.13. The third-order valence-corrected chi connectivity index (χ3v) is 4.08. The van der Waals surface area contributed by atoms with Crippen LogP contribution in [0.5, 0.6) is 0 Å². The number of hydrogen-bond acceptors (Lipinski definition) is 5. The van der Waals surface area contributed by atoms with Crippen molar-refractivity contribution in [2.45, 2.75) is 18.9 Å². The molecule has 1 atom stereocenters. The predicted molar refractivity (Wildman–Crippen MR) is 93.5 cm³/mol. The summed E-state index contributed by atoms with van der Waals surface area (Å²) in [4.78, 5) is 25.1. The van der Waals surface area contributed by atoms with Gasteiger partial charge in [-0.1, -0.05) is 0 Å². The van der Waals surface area contributed by atoms with Gasteiger partial charge in [-0.25, -0.2) is 4.98 Å². The minimum Gasteiger partial charge on any atom is -0.376 e. The summed E-state index contributed by atoms with van der Waals surface area (Å²) in [6.07, 6.45) is 7.17. The normalized spacial score (nSPS) is 16.8. The second-order valence-electron chi connectivity index (χ2n) is 6.05. The molecule has 2 aromatic heterocycles. The third kappa shape index (κ3) is 3.71. The highest BCUT2D eigenvalue weighted by Gasteiger charge is 2.25. The van der Waals surface area contributed by atoms with Crippen molar-refractivity contribution in [2.75, 3.05) is 37.0 Å². The number of hydrogen-bond donors (Lipinski definition) is 0. The van der Waals surface area contributed by atoms with E-state index in [4.69, 9.17) is 4.74 Å². The molecule has 1 aliphatic heterocycles. The minimum atomic E-state index is -0.0535. The fourth-order valence-electron chi connectivity index (χ4n) is 2.77. The molecule has 1 unspecified atom stereocenters. The van der Waals surface area contributed by atoms with Crippen LogP contribution in [0.15, 0.2) is 42.9 Å². The van der Waals surface area contributed by atoms with Gasteiger partial charge in [0.05, 0.1) is 12.6 Å². The second kappa shape index (κ2) is 7.40. The average molecular weight is 326 g/mol. The summed E-state index contributed by atoms with van der Waals surface area (Å²) in [6.45, 7) is 1.31. The zero-order valence-electron chi connectivity index (χ0n) is 14.1. The molecule has 3 heterocycles. The summed E-state index contributed by atoms with van der Waals surface area (Å²) >= 11 is 0. The number of carbonyl (C=O) groups is 1. The molecule has 1 aliphatic rings. The first-order valence-electron chi connectivity index (χ1n) is 8.12. The van der Waals surface area contributed by atoms with Crippen molar-refractivity contribution in [3.8, 4) is 0 Å². The molecule has 0 spiro atoms. The monoisotopic (exact) mass is 326 g/mol. The summed E-state index contributed by atoms with van der Waals surface area (Å²) in [5.74, 6) is 0.704. The SMILES string of the molecule is CN(C)c1cc(C(=O)N(CC2CCCO2)c2ccncc2)ccn1. The number of amides is 1. The molecule has 1 fully saturated rings. The maximum absolute atomic E-state index is 13.1. The van der Waals surface area contributed by atoms with Crippen molar-refractivity contribution in [3.05, 3.63) is 48.4 Å². The highest BCUT2D eigenvalue weighted by atomic mass is 16.5. The molecular weight excluding hydrogens is 304 g/mol. The number of carbonyl (C=O) groups excluding carboxylic acids is 1. The predicted octanol–water partition coefficient (Wildman–Crippen LogP) is 2.37. The molecule has 0 aliphatic carbocycles. The van der Waals surface area contributed by atoms with Crippen LogP contribution in [-0.2, 0) is 4.74 Å². The standard InChI is InChI=1S/C18H22N4O2/c1-21(2)17-12-14(5-10-20-17)18(23)22(13-16-4-3-11-24-16)15-6-8-19-9-7-15/h5-10,12,16H,3-4,11,13H2,1-2H3. The van der Waals surface area contributed by atoms with Crippen molar-refractivity contribution in [2.24, 2.45) is 0 Å². The Kier molecular flexibility index (Phi) is 5.05. The smallest absolute Gasteiger partial charge is 0.258 e. The fraction of sp³-hybridized carbons (Fsp3) is 0.389. The van der Waals surface area contributed by atoms with Crippen molar-refractivity contribution in [1.29, 1.82) is 0 Å². The van der Waals surface area contributed by atoms with E-state index in [9.17, 15) is 4.79 Å². The quantitative estimate of drug-likeness (QED) is 0.844. The van der Waals surface area contributed by atoms with E-state index in [1.807, 2.05) is 37.2 Å². The van der Waals surface area contributed by atoms with Crippen molar-refractivity contribution < 1.29 is 9.53 Å². The van der Waals surface area contributed by atoms with E-state index in [2.05, 4.69) is 9.97 Å². The van der Waals surface area contributed by atoms with Crippen molar-refractivity contribution in [1.82, 2.24) is 9.97 Å². The molecule has 0 bridgehead atoms. The van der Waals surface area contributed by atoms with Crippen molar-refractivity contribution in [3.63, 3.8) is 0 Å². The van der Waals surface area contributed by atoms with Crippen LogP contribution in [0, 0.1) is 0 Å². The van der Waals surface area contributed by atoms with Gasteiger partial charge in [0.2, 0.25) is 0 Å². The lowest BCUT2D eigenvalue weighted by atomic mass is 10.1. The van der Waals surface area contributed by atoms with Gasteiger partial charge in [0.25, 0.3) is 5.91 Å². The van der Waals surface area contributed by atoms with Gasteiger partial charge in [0.15, 0.2) is 0 Å². The lowest BCUT2D eigenvalue weighted by Crippen LogP contribution is -2.37. The Morgan fingerprint density at radius 3 is 2.71 bits per heavy atom. The van der Waals surface area contributed by atoms with Crippen LogP contribution in [0.2, 0.25) is 0 Å². The number of anilines is 2. The van der Waals surface area contributed by atoms with E-state index < -0.39 is 0 Å². The van der Waals surface area contributed by atoms with E-state index in [1.165, 1.54) is 0 Å². The maximum Gasteiger partial charge on any atom is 0.258 e. The molecule has 6 heteroatoms. The summed E-state index contributed by atoms with van der Waals surface area (Å²) in [7, 11) is 3.81. The third-order valence-electron chi connectivity index (χ3n) is 4.08. The fourth-order valence-corrected chi connectivity index (χ4v) is 2.77. The van der Waals surface area contributed by atoms with Gasteiger partial charge in [0.1, 0.15) is 5.82 Å². The lowest BCUT2D eigenvalue weighted by molar-refractivity contribution is 0.0917. The maximum atomic E-state index is 13.1. The lowest BCUT2D eigenvalue weighted by Gasteiger charge is -2.26. The van der Waals surface area contributed by atoms with Crippen LogP contribution >= 0.6 is 0 Å². The summed E-state index contributed by atoms with van der Waals surface area (Å²) < 4.78 is 5.72. The minimum absolute atomic E-state index is 0.0535. The Labute approximate surface area is 142 Å². The number of aromatic nitrogens is 2. The van der Waals surface area contributed by atoms with Crippen LogP contribution in [0.25, 0.3) is 0 Å². The molecular formula is C18H22N4O2.